The monoisotopic (exact) mass is 462 g/mol. The van der Waals surface area contributed by atoms with E-state index in [2.05, 4.69) is 10.2 Å². The van der Waals surface area contributed by atoms with Gasteiger partial charge in [-0.3, -0.25) is 0 Å². The molecule has 0 aliphatic carbocycles. The normalized spacial score (nSPS) is 14.9. The Balaban J connectivity index is 1.38. The van der Waals surface area contributed by atoms with Crippen LogP contribution in [0.4, 0.5) is 16.2 Å². The van der Waals surface area contributed by atoms with Gasteiger partial charge in [0.2, 0.25) is 0 Å². The van der Waals surface area contributed by atoms with Crippen LogP contribution in [0.5, 0.6) is 17.2 Å². The van der Waals surface area contributed by atoms with Crippen molar-refractivity contribution in [1.29, 1.82) is 0 Å². The maximum atomic E-state index is 12.7. The maximum Gasteiger partial charge on any atom is 0.321 e. The van der Waals surface area contributed by atoms with E-state index in [1.807, 2.05) is 54.6 Å². The lowest BCUT2D eigenvalue weighted by Crippen LogP contribution is -2.51. The van der Waals surface area contributed by atoms with E-state index < -0.39 is 0 Å². The molecule has 2 aliphatic heterocycles. The summed E-state index contributed by atoms with van der Waals surface area (Å²) in [7, 11) is 1.63. The Morgan fingerprint density at radius 3 is 2.61 bits per heavy atom. The van der Waals surface area contributed by atoms with Crippen LogP contribution in [-0.4, -0.2) is 55.0 Å². The number of anilines is 1. The molecule has 7 nitrogen and oxygen atoms in total. The first-order chi connectivity index (χ1) is 16.1. The van der Waals surface area contributed by atoms with Crippen LogP contribution in [0.15, 0.2) is 71.7 Å². The van der Waals surface area contributed by atoms with E-state index in [-0.39, 0.29) is 6.03 Å². The molecule has 0 aromatic heterocycles. The van der Waals surface area contributed by atoms with Gasteiger partial charge in [0.1, 0.15) is 11.5 Å². The number of halogens is 1. The van der Waals surface area contributed by atoms with Crippen LogP contribution < -0.4 is 14.8 Å². The van der Waals surface area contributed by atoms with Gasteiger partial charge < -0.3 is 24.6 Å². The zero-order valence-electron chi connectivity index (χ0n) is 18.1. The molecule has 8 heteroatoms. The lowest BCUT2D eigenvalue weighted by atomic mass is 10.1. The fraction of sp³-hybridized carbons (Fsp3) is 0.200. The molecule has 2 aliphatic rings. The molecule has 0 saturated carbocycles. The summed E-state index contributed by atoms with van der Waals surface area (Å²) in [6, 6.07) is 20.5. The van der Waals surface area contributed by atoms with Gasteiger partial charge in [-0.15, -0.1) is 0 Å². The minimum atomic E-state index is -0.143. The van der Waals surface area contributed by atoms with Gasteiger partial charge >= 0.3 is 6.03 Å². The Morgan fingerprint density at radius 1 is 1.03 bits per heavy atom. The molecule has 0 unspecified atom stereocenters. The molecule has 2 heterocycles. The van der Waals surface area contributed by atoms with Gasteiger partial charge in [0.25, 0.3) is 0 Å². The molecule has 0 bridgehead atoms. The highest BCUT2D eigenvalue weighted by Crippen LogP contribution is 2.42. The van der Waals surface area contributed by atoms with Gasteiger partial charge in [-0.05, 0) is 42.5 Å². The molecule has 1 N–H and O–H groups in total. The number of ether oxygens (including phenoxy) is 2. The number of nitrogens with one attached hydrogen (secondary N) is 1. The van der Waals surface area contributed by atoms with Crippen molar-refractivity contribution in [3.8, 4) is 17.2 Å². The SMILES string of the molecule is COc1cccc2c1Oc1ccccc1N=C2N1CCN(C(=O)Nc2cccc(Cl)c2)CC1. The molecule has 168 valence electrons. The second-order valence-electron chi connectivity index (χ2n) is 7.76. The number of carbonyl (C=O) groups is 1. The largest absolute Gasteiger partial charge is 0.493 e. The summed E-state index contributed by atoms with van der Waals surface area (Å²) in [6.45, 7) is 2.40. The number of nitrogens with zero attached hydrogens (tertiary/aromatic N) is 3. The first-order valence-corrected chi connectivity index (χ1v) is 11.1. The number of benzene rings is 3. The van der Waals surface area contributed by atoms with Crippen LogP contribution in [0.3, 0.4) is 0 Å². The molecule has 2 amide bonds. The zero-order chi connectivity index (χ0) is 22.8. The summed E-state index contributed by atoms with van der Waals surface area (Å²) < 4.78 is 11.8. The van der Waals surface area contributed by atoms with Crippen LogP contribution in [-0.2, 0) is 0 Å². The number of carbonyl (C=O) groups excluding carboxylic acids is 1. The summed E-state index contributed by atoms with van der Waals surface area (Å²) in [4.78, 5) is 21.7. The molecule has 3 aromatic rings. The number of methoxy groups -OCH3 is 1. The van der Waals surface area contributed by atoms with Gasteiger partial charge in [0.15, 0.2) is 17.2 Å². The Labute approximate surface area is 197 Å². The quantitative estimate of drug-likeness (QED) is 0.555. The van der Waals surface area contributed by atoms with E-state index in [0.29, 0.717) is 54.1 Å². The van der Waals surface area contributed by atoms with Crippen molar-refractivity contribution >= 4 is 34.8 Å². The third-order valence-corrected chi connectivity index (χ3v) is 5.92. The molecule has 1 saturated heterocycles. The molecule has 3 aromatic carbocycles. The van der Waals surface area contributed by atoms with Crippen LogP contribution in [0.25, 0.3) is 0 Å². The standard InChI is InChI=1S/C25H23ClN4O3/c1-32-22-11-5-8-19-23(22)33-21-10-3-2-9-20(21)28-24(19)29-12-14-30(15-13-29)25(31)27-18-7-4-6-17(26)16-18/h2-11,16H,12-15H2,1H3,(H,27,31). The van der Waals surface area contributed by atoms with Crippen LogP contribution in [0.2, 0.25) is 5.02 Å². The number of piperazine rings is 1. The topological polar surface area (TPSA) is 66.4 Å². The number of aliphatic imine (C=N–C) groups is 1. The molecule has 0 atom stereocenters. The Morgan fingerprint density at radius 2 is 1.82 bits per heavy atom. The molecule has 5 rings (SSSR count). The molecule has 1 fully saturated rings. The number of amides is 2. The number of fused-ring (bicyclic) bond motifs is 2. The smallest absolute Gasteiger partial charge is 0.321 e. The number of amidine groups is 1. The molecule has 0 spiro atoms. The average molecular weight is 463 g/mol. The van der Waals surface area contributed by atoms with E-state index in [4.69, 9.17) is 26.1 Å². The van der Waals surface area contributed by atoms with E-state index in [0.717, 1.165) is 17.1 Å². The molecular weight excluding hydrogens is 440 g/mol. The number of hydrogen-bond donors (Lipinski definition) is 1. The third-order valence-electron chi connectivity index (χ3n) is 5.69. The molecule has 0 radical (unpaired) electrons. The van der Waals surface area contributed by atoms with Crippen molar-refractivity contribution in [2.45, 2.75) is 0 Å². The van der Waals surface area contributed by atoms with Crippen molar-refractivity contribution < 1.29 is 14.3 Å². The fourth-order valence-electron chi connectivity index (χ4n) is 4.01. The minimum Gasteiger partial charge on any atom is -0.493 e. The number of hydrogen-bond acceptors (Lipinski definition) is 5. The maximum absolute atomic E-state index is 12.7. The number of rotatable bonds is 2. The first kappa shape index (κ1) is 21.2. The summed E-state index contributed by atoms with van der Waals surface area (Å²) in [5, 5.41) is 3.50. The van der Waals surface area contributed by atoms with Crippen molar-refractivity contribution in [1.82, 2.24) is 9.80 Å². The van der Waals surface area contributed by atoms with Crippen LogP contribution >= 0.6 is 11.6 Å². The van der Waals surface area contributed by atoms with Gasteiger partial charge in [0.05, 0.1) is 12.7 Å². The van der Waals surface area contributed by atoms with Crippen LogP contribution in [0, 0.1) is 0 Å². The number of para-hydroxylation sites is 3. The van der Waals surface area contributed by atoms with E-state index in [1.54, 1.807) is 24.1 Å². The summed E-state index contributed by atoms with van der Waals surface area (Å²) in [6.07, 6.45) is 0. The van der Waals surface area contributed by atoms with Gasteiger partial charge in [0, 0.05) is 36.9 Å². The lowest BCUT2D eigenvalue weighted by molar-refractivity contribution is 0.181. The Bertz CT molecular complexity index is 1220. The van der Waals surface area contributed by atoms with Crippen molar-refractivity contribution in [2.24, 2.45) is 4.99 Å². The summed E-state index contributed by atoms with van der Waals surface area (Å²) >= 11 is 6.03. The molecule has 33 heavy (non-hydrogen) atoms. The summed E-state index contributed by atoms with van der Waals surface area (Å²) in [5.74, 6) is 2.78. The zero-order valence-corrected chi connectivity index (χ0v) is 18.9. The van der Waals surface area contributed by atoms with E-state index >= 15 is 0 Å². The van der Waals surface area contributed by atoms with E-state index in [1.165, 1.54) is 0 Å². The highest BCUT2D eigenvalue weighted by molar-refractivity contribution is 6.30. The van der Waals surface area contributed by atoms with Gasteiger partial charge in [-0.25, -0.2) is 9.79 Å². The first-order valence-electron chi connectivity index (χ1n) is 10.7. The Kier molecular flexibility index (Phi) is 5.79. The Hall–Kier alpha value is -3.71. The predicted octanol–water partition coefficient (Wildman–Crippen LogP) is 5.38. The van der Waals surface area contributed by atoms with Gasteiger partial charge in [-0.1, -0.05) is 35.9 Å². The second-order valence-corrected chi connectivity index (χ2v) is 8.19. The highest BCUT2D eigenvalue weighted by atomic mass is 35.5. The predicted molar refractivity (Wildman–Crippen MR) is 129 cm³/mol. The van der Waals surface area contributed by atoms with Crippen molar-refractivity contribution in [3.05, 3.63) is 77.3 Å². The van der Waals surface area contributed by atoms with E-state index in [9.17, 15) is 4.79 Å². The van der Waals surface area contributed by atoms with Crippen molar-refractivity contribution in [3.63, 3.8) is 0 Å². The lowest BCUT2D eigenvalue weighted by Gasteiger charge is -2.36. The minimum absolute atomic E-state index is 0.143. The second kappa shape index (κ2) is 9.03. The highest BCUT2D eigenvalue weighted by Gasteiger charge is 2.29. The number of urea groups is 1. The van der Waals surface area contributed by atoms with Crippen LogP contribution in [0.1, 0.15) is 5.56 Å². The third kappa shape index (κ3) is 4.32. The average Bonchev–Trinajstić information content (AvgIpc) is 3.01. The van der Waals surface area contributed by atoms with Gasteiger partial charge in [-0.2, -0.15) is 0 Å². The molecular formula is C25H23ClN4O3. The van der Waals surface area contributed by atoms with Crippen molar-refractivity contribution in [2.75, 3.05) is 38.6 Å². The fourth-order valence-corrected chi connectivity index (χ4v) is 4.20. The summed E-state index contributed by atoms with van der Waals surface area (Å²) in [5.41, 5.74) is 2.30.